The Bertz CT molecular complexity index is 389. The first kappa shape index (κ1) is 12.3. The summed E-state index contributed by atoms with van der Waals surface area (Å²) in [7, 11) is 0. The molecule has 1 heterocycles. The molecule has 0 aromatic heterocycles. The van der Waals surface area contributed by atoms with Crippen LogP contribution in [0.1, 0.15) is 24.8 Å². The maximum atomic E-state index is 5.68. The first-order valence-corrected chi connectivity index (χ1v) is 6.42. The fraction of sp³-hybridized carbons (Fsp3) is 0.462. The van der Waals surface area contributed by atoms with Crippen molar-refractivity contribution in [3.05, 3.63) is 29.8 Å². The van der Waals surface area contributed by atoms with Gasteiger partial charge in [0.05, 0.1) is 6.10 Å². The van der Waals surface area contributed by atoms with Crippen molar-refractivity contribution in [2.24, 2.45) is 5.73 Å². The molecule has 0 amide bonds. The largest absolute Gasteiger partial charge is 0.389 e. The van der Waals surface area contributed by atoms with Gasteiger partial charge in [-0.05, 0) is 31.4 Å². The minimum Gasteiger partial charge on any atom is -0.389 e. The number of para-hydroxylation sites is 1. The molecule has 1 unspecified atom stereocenters. The van der Waals surface area contributed by atoms with E-state index in [1.807, 2.05) is 24.3 Å². The molecule has 17 heavy (non-hydrogen) atoms. The second-order valence-electron chi connectivity index (χ2n) is 4.26. The van der Waals surface area contributed by atoms with Crippen molar-refractivity contribution in [3.8, 4) is 0 Å². The van der Waals surface area contributed by atoms with E-state index in [2.05, 4.69) is 5.32 Å². The van der Waals surface area contributed by atoms with Crippen LogP contribution in [0.2, 0.25) is 0 Å². The number of hydrogen-bond acceptors (Lipinski definition) is 3. The summed E-state index contributed by atoms with van der Waals surface area (Å²) in [5.41, 5.74) is 7.60. The van der Waals surface area contributed by atoms with E-state index in [-0.39, 0.29) is 0 Å². The van der Waals surface area contributed by atoms with E-state index in [0.29, 0.717) is 11.1 Å². The fourth-order valence-electron chi connectivity index (χ4n) is 2.09. The number of benzene rings is 1. The number of nitrogens with one attached hydrogen (secondary N) is 1. The zero-order valence-corrected chi connectivity index (χ0v) is 10.6. The molecule has 3 N–H and O–H groups in total. The van der Waals surface area contributed by atoms with Gasteiger partial charge in [0.25, 0.3) is 0 Å². The van der Waals surface area contributed by atoms with Crippen molar-refractivity contribution in [1.82, 2.24) is 0 Å². The van der Waals surface area contributed by atoms with Gasteiger partial charge in [0, 0.05) is 24.4 Å². The summed E-state index contributed by atoms with van der Waals surface area (Å²) >= 11 is 5.02. The smallest absolute Gasteiger partial charge is 0.106 e. The van der Waals surface area contributed by atoms with Crippen LogP contribution in [-0.4, -0.2) is 24.2 Å². The first-order chi connectivity index (χ1) is 8.27. The second kappa shape index (κ2) is 5.98. The molecule has 0 spiro atoms. The van der Waals surface area contributed by atoms with E-state index in [0.717, 1.165) is 30.8 Å². The van der Waals surface area contributed by atoms with Gasteiger partial charge in [0.2, 0.25) is 0 Å². The van der Waals surface area contributed by atoms with Crippen LogP contribution in [0.5, 0.6) is 0 Å². The van der Waals surface area contributed by atoms with Crippen LogP contribution in [0.25, 0.3) is 0 Å². The third kappa shape index (κ3) is 3.41. The molecule has 1 aromatic rings. The number of anilines is 1. The molecule has 1 aromatic carbocycles. The molecule has 2 rings (SSSR count). The highest BCUT2D eigenvalue weighted by molar-refractivity contribution is 7.80. The van der Waals surface area contributed by atoms with Crippen molar-refractivity contribution in [2.75, 3.05) is 18.5 Å². The molecule has 4 heteroatoms. The topological polar surface area (TPSA) is 47.3 Å². The Hall–Kier alpha value is -1.13. The third-order valence-electron chi connectivity index (χ3n) is 3.00. The van der Waals surface area contributed by atoms with Crippen LogP contribution >= 0.6 is 12.2 Å². The van der Waals surface area contributed by atoms with Crippen LogP contribution in [0.4, 0.5) is 5.69 Å². The molecular formula is C13H18N2OS. The summed E-state index contributed by atoms with van der Waals surface area (Å²) in [5, 5.41) is 3.37. The zero-order valence-electron chi connectivity index (χ0n) is 9.82. The highest BCUT2D eigenvalue weighted by atomic mass is 32.1. The monoisotopic (exact) mass is 250 g/mol. The highest BCUT2D eigenvalue weighted by Gasteiger charge is 2.14. The Morgan fingerprint density at radius 3 is 3.00 bits per heavy atom. The molecule has 0 radical (unpaired) electrons. The molecule has 3 nitrogen and oxygen atoms in total. The number of ether oxygens (including phenoxy) is 1. The molecule has 1 aliphatic rings. The van der Waals surface area contributed by atoms with E-state index >= 15 is 0 Å². The molecule has 1 aliphatic heterocycles. The second-order valence-corrected chi connectivity index (χ2v) is 4.70. The lowest BCUT2D eigenvalue weighted by Gasteiger charge is -2.13. The predicted molar refractivity (Wildman–Crippen MR) is 74.4 cm³/mol. The fourth-order valence-corrected chi connectivity index (χ4v) is 2.27. The molecular weight excluding hydrogens is 232 g/mol. The SMILES string of the molecule is NC(=S)c1ccccc1NCCC1CCCO1. The molecule has 0 bridgehead atoms. The normalized spacial score (nSPS) is 19.2. The van der Waals surface area contributed by atoms with Crippen LogP contribution < -0.4 is 11.1 Å². The first-order valence-electron chi connectivity index (χ1n) is 6.01. The Kier molecular flexibility index (Phi) is 4.34. The van der Waals surface area contributed by atoms with Gasteiger partial charge in [0.15, 0.2) is 0 Å². The maximum Gasteiger partial charge on any atom is 0.106 e. The van der Waals surface area contributed by atoms with Crippen molar-refractivity contribution >= 4 is 22.9 Å². The van der Waals surface area contributed by atoms with Crippen LogP contribution in [0.15, 0.2) is 24.3 Å². The van der Waals surface area contributed by atoms with Crippen molar-refractivity contribution in [2.45, 2.75) is 25.4 Å². The van der Waals surface area contributed by atoms with Gasteiger partial charge >= 0.3 is 0 Å². The number of hydrogen-bond donors (Lipinski definition) is 2. The lowest BCUT2D eigenvalue weighted by molar-refractivity contribution is 0.107. The standard InChI is InChI=1S/C13H18N2OS/c14-13(17)11-5-1-2-6-12(11)15-8-7-10-4-3-9-16-10/h1-2,5-6,10,15H,3-4,7-9H2,(H2,14,17). The number of nitrogens with two attached hydrogens (primary N) is 1. The van der Waals surface area contributed by atoms with Crippen molar-refractivity contribution in [1.29, 1.82) is 0 Å². The van der Waals surface area contributed by atoms with E-state index in [1.165, 1.54) is 12.8 Å². The lowest BCUT2D eigenvalue weighted by Crippen LogP contribution is -2.16. The quantitative estimate of drug-likeness (QED) is 0.787. The van der Waals surface area contributed by atoms with Gasteiger partial charge in [-0.15, -0.1) is 0 Å². The summed E-state index contributed by atoms with van der Waals surface area (Å²) < 4.78 is 5.58. The van der Waals surface area contributed by atoms with Gasteiger partial charge in [-0.1, -0.05) is 24.4 Å². The molecule has 1 saturated heterocycles. The van der Waals surface area contributed by atoms with E-state index < -0.39 is 0 Å². The Labute approximate surface area is 107 Å². The number of thiocarbonyl (C=S) groups is 1. The maximum absolute atomic E-state index is 5.68. The molecule has 1 atom stereocenters. The third-order valence-corrected chi connectivity index (χ3v) is 3.22. The van der Waals surface area contributed by atoms with Crippen molar-refractivity contribution in [3.63, 3.8) is 0 Å². The van der Waals surface area contributed by atoms with Gasteiger partial charge in [0.1, 0.15) is 4.99 Å². The van der Waals surface area contributed by atoms with Gasteiger partial charge in [-0.25, -0.2) is 0 Å². The summed E-state index contributed by atoms with van der Waals surface area (Å²) in [6.45, 7) is 1.80. The summed E-state index contributed by atoms with van der Waals surface area (Å²) in [5.74, 6) is 0. The van der Waals surface area contributed by atoms with E-state index in [9.17, 15) is 0 Å². The molecule has 92 valence electrons. The number of rotatable bonds is 5. The van der Waals surface area contributed by atoms with Gasteiger partial charge < -0.3 is 15.8 Å². The van der Waals surface area contributed by atoms with Crippen LogP contribution in [0.3, 0.4) is 0 Å². The predicted octanol–water partition coefficient (Wildman–Crippen LogP) is 2.30. The highest BCUT2D eigenvalue weighted by Crippen LogP contribution is 2.17. The van der Waals surface area contributed by atoms with Crippen molar-refractivity contribution < 1.29 is 4.74 Å². The van der Waals surface area contributed by atoms with E-state index in [4.69, 9.17) is 22.7 Å². The Morgan fingerprint density at radius 1 is 1.47 bits per heavy atom. The summed E-state index contributed by atoms with van der Waals surface area (Å²) in [6.07, 6.45) is 3.82. The molecule has 0 aliphatic carbocycles. The summed E-state index contributed by atoms with van der Waals surface area (Å²) in [6, 6.07) is 7.87. The van der Waals surface area contributed by atoms with E-state index in [1.54, 1.807) is 0 Å². The zero-order chi connectivity index (χ0) is 12.1. The van der Waals surface area contributed by atoms with Gasteiger partial charge in [-0.3, -0.25) is 0 Å². The van der Waals surface area contributed by atoms with Crippen LogP contribution in [0, 0.1) is 0 Å². The molecule has 0 saturated carbocycles. The minimum atomic E-state index is 0.416. The van der Waals surface area contributed by atoms with Crippen LogP contribution in [-0.2, 0) is 4.74 Å². The lowest BCUT2D eigenvalue weighted by atomic mass is 10.1. The van der Waals surface area contributed by atoms with Gasteiger partial charge in [-0.2, -0.15) is 0 Å². The average molecular weight is 250 g/mol. The summed E-state index contributed by atoms with van der Waals surface area (Å²) in [4.78, 5) is 0.435. The minimum absolute atomic E-state index is 0.416. The Balaban J connectivity index is 1.87. The average Bonchev–Trinajstić information content (AvgIpc) is 2.82. The Morgan fingerprint density at radius 2 is 2.29 bits per heavy atom. The molecule has 1 fully saturated rings.